The van der Waals surface area contributed by atoms with Gasteiger partial charge in [0, 0.05) is 132 Å². The summed E-state index contributed by atoms with van der Waals surface area (Å²) in [6.45, 7) is 16.6. The number of carbonyl (C=O) groups excluding carboxylic acids is 15. The number of likely N-dealkylation sites (N-methyl/N-ethyl adjacent to an activating group) is 2. The number of hydrogen-bond donors (Lipinski definition) is 9. The molecule has 1 aromatic heterocycles. The van der Waals surface area contributed by atoms with Gasteiger partial charge in [0.05, 0.1) is 0 Å². The number of fused-ring (bicyclic) bond motifs is 10. The Hall–Kier alpha value is -12.2. The van der Waals surface area contributed by atoms with Crippen LogP contribution in [0.2, 0.25) is 0 Å². The van der Waals surface area contributed by atoms with Crippen LogP contribution in [0.4, 0.5) is 0 Å². The Morgan fingerprint density at radius 1 is 0.469 bits per heavy atom. The van der Waals surface area contributed by atoms with Crippen molar-refractivity contribution in [1.82, 2.24) is 70.8 Å². The minimum Gasteiger partial charge on any atom is -0.505 e. The van der Waals surface area contributed by atoms with E-state index in [4.69, 9.17) is 25.4 Å². The van der Waals surface area contributed by atoms with E-state index in [1.807, 2.05) is 62.4 Å². The van der Waals surface area contributed by atoms with Crippen molar-refractivity contribution in [3.8, 4) is 5.75 Å². The third-order valence-electron chi connectivity index (χ3n) is 29.5. The number of carbonyl (C=O) groups is 17. The molecule has 4 bridgehead atoms. The van der Waals surface area contributed by atoms with Crippen LogP contribution in [0.15, 0.2) is 128 Å². The quantitative estimate of drug-likeness (QED) is 0.0333. The van der Waals surface area contributed by atoms with Gasteiger partial charge >= 0.3 is 23.9 Å². The average Bonchev–Trinajstić information content (AvgIpc) is 1.72. The van der Waals surface area contributed by atoms with Crippen molar-refractivity contribution in [3.05, 3.63) is 167 Å². The molecular weight excluding hydrogens is 1880 g/mol. The number of unbranched alkanes of at least 4 members (excludes halogenated alkanes) is 1. The number of rotatable bonds is 21. The van der Waals surface area contributed by atoms with Crippen LogP contribution in [-0.2, 0) is 99.0 Å². The van der Waals surface area contributed by atoms with Crippen molar-refractivity contribution >= 4 is 124 Å². The normalized spacial score (nSPS) is 29.8. The number of aromatic hydroxyl groups is 1. The van der Waals surface area contributed by atoms with Crippen LogP contribution >= 0.6 is 23.5 Å². The molecule has 39 heteroatoms. The molecule has 10 N–H and O–H groups in total. The number of aromatic nitrogens is 1. The molecule has 12 aliphatic heterocycles. The number of nitrogens with two attached hydrogens (primary N) is 1. The molecule has 12 saturated heterocycles. The summed E-state index contributed by atoms with van der Waals surface area (Å²) in [7, 11) is 3.07. The van der Waals surface area contributed by atoms with Crippen molar-refractivity contribution in [3.63, 3.8) is 0 Å². The van der Waals surface area contributed by atoms with E-state index in [1.165, 1.54) is 68.6 Å². The van der Waals surface area contributed by atoms with E-state index in [0.717, 1.165) is 87.2 Å². The van der Waals surface area contributed by atoms with Crippen LogP contribution in [0.5, 0.6) is 5.75 Å². The molecule has 0 radical (unpaired) electrons. The number of ether oxygens (including phenoxy) is 2. The van der Waals surface area contributed by atoms with Gasteiger partial charge in [-0.25, -0.2) is 14.6 Å². The summed E-state index contributed by atoms with van der Waals surface area (Å²) >= 11 is 3.50. The SMILES string of the molecule is CC[C@@H]1NC(=O)[C@@H](N)[C@@H](C)OC(=O)[C@H](c2ccccc2)NC(=O)[C@@H]2CC(=O)[C@H](CSC3CN4CCC3CC4)CN2C(=O)[C@H](Cc2ccc(C)cc2)N(C)C(=O)[C@@H]2CCCN2C1=O.CC[C@@H]1NC(=O)[C@@H](NC(=O)c2ncccc2O)[C@@H](C)OC(=O)[C@H](c2ccccc2)NC(=O)[C@@H]2CC(=O)[C@H](CSC3CN4CCC3CC4)CN2C(=O)[C@H](Cc2ccc(C)cc2)N(C)C(=O)[C@@H]2CCCN2C1=O.O=C(O)CCCCC(=O)O. The second kappa shape index (κ2) is 49.9. The number of Topliss-reactive ketones (excluding diaryl/α,β-unsaturated/α-hetero) is 2. The maximum absolute atomic E-state index is 15.6. The van der Waals surface area contributed by atoms with Gasteiger partial charge in [0.1, 0.15) is 89.9 Å². The molecule has 18 atom stereocenters. The Kier molecular flexibility index (Phi) is 37.7. The first kappa shape index (κ1) is 108. The highest BCUT2D eigenvalue weighted by Gasteiger charge is 2.52. The third kappa shape index (κ3) is 27.1. The molecule has 0 saturated carbocycles. The zero-order valence-corrected chi connectivity index (χ0v) is 84.0. The molecular formula is C104H135N15O22S2. The van der Waals surface area contributed by atoms with Crippen LogP contribution < -0.4 is 32.3 Å². The second-order valence-corrected chi connectivity index (χ2v) is 41.8. The van der Waals surface area contributed by atoms with Crippen LogP contribution in [0.3, 0.4) is 0 Å². The molecule has 4 aromatic carbocycles. The van der Waals surface area contributed by atoms with Gasteiger partial charge in [-0.15, -0.1) is 0 Å². The number of piperidine rings is 8. The van der Waals surface area contributed by atoms with E-state index in [1.54, 1.807) is 105 Å². The Morgan fingerprint density at radius 2 is 0.874 bits per heavy atom. The number of pyridine rings is 1. The van der Waals surface area contributed by atoms with E-state index in [0.29, 0.717) is 71.5 Å². The maximum atomic E-state index is 15.6. The van der Waals surface area contributed by atoms with Crippen molar-refractivity contribution in [2.75, 3.05) is 91.0 Å². The number of aryl methyl sites for hydroxylation is 2. The largest absolute Gasteiger partial charge is 0.505 e. The van der Waals surface area contributed by atoms with Crippen molar-refractivity contribution in [2.45, 2.75) is 252 Å². The molecule has 12 aliphatic rings. The number of nitrogens with zero attached hydrogens (tertiary/aromatic N) is 9. The zero-order valence-electron chi connectivity index (χ0n) is 82.4. The van der Waals surface area contributed by atoms with E-state index in [2.05, 4.69) is 41.4 Å². The molecule has 143 heavy (non-hydrogen) atoms. The van der Waals surface area contributed by atoms with Crippen molar-refractivity contribution in [1.29, 1.82) is 0 Å². The lowest BCUT2D eigenvalue weighted by molar-refractivity contribution is -0.158. The fourth-order valence-electron chi connectivity index (χ4n) is 20.7. The van der Waals surface area contributed by atoms with E-state index in [9.17, 15) is 77.0 Å². The molecule has 0 spiro atoms. The van der Waals surface area contributed by atoms with Gasteiger partial charge in [-0.05, 0) is 177 Å². The van der Waals surface area contributed by atoms with Crippen LogP contribution in [0, 0.1) is 37.5 Å². The summed E-state index contributed by atoms with van der Waals surface area (Å²) in [5.74, 6) is -11.0. The highest BCUT2D eigenvalue weighted by Crippen LogP contribution is 2.41. The van der Waals surface area contributed by atoms with Gasteiger partial charge in [0.15, 0.2) is 17.8 Å². The van der Waals surface area contributed by atoms with Crippen molar-refractivity contribution < 1.29 is 106 Å². The van der Waals surface area contributed by atoms with Crippen LogP contribution in [0.1, 0.15) is 186 Å². The smallest absolute Gasteiger partial charge is 0.333 e. The van der Waals surface area contributed by atoms with Crippen LogP contribution in [-0.4, -0.2) is 334 Å². The predicted octanol–water partition coefficient (Wildman–Crippen LogP) is 5.28. The number of hydrogen-bond acceptors (Lipinski definition) is 26. The number of cyclic esters (lactones) is 2. The summed E-state index contributed by atoms with van der Waals surface area (Å²) < 4.78 is 11.7. The molecule has 11 amide bonds. The van der Waals surface area contributed by atoms with E-state index >= 15 is 9.59 Å². The number of carboxylic acids is 2. The lowest BCUT2D eigenvalue weighted by Gasteiger charge is -2.45. The molecule has 2 unspecified atom stereocenters. The number of esters is 2. The summed E-state index contributed by atoms with van der Waals surface area (Å²) in [4.78, 5) is 255. The minimum absolute atomic E-state index is 0.0493. The Morgan fingerprint density at radius 3 is 1.26 bits per heavy atom. The van der Waals surface area contributed by atoms with Crippen molar-refractivity contribution in [2.24, 2.45) is 29.4 Å². The fourth-order valence-corrected chi connectivity index (χ4v) is 24.0. The van der Waals surface area contributed by atoms with Gasteiger partial charge < -0.3 is 96.3 Å². The second-order valence-electron chi connectivity index (χ2n) is 39.2. The summed E-state index contributed by atoms with van der Waals surface area (Å²) in [5, 5.41) is 41.0. The lowest BCUT2D eigenvalue weighted by Crippen LogP contribution is -2.63. The molecule has 17 rings (SSSR count). The number of carboxylic acid groups (broad SMARTS) is 2. The van der Waals surface area contributed by atoms with Gasteiger partial charge in [-0.3, -0.25) is 71.9 Å². The topological polar surface area (TPSA) is 494 Å². The van der Waals surface area contributed by atoms with E-state index in [-0.39, 0.29) is 101 Å². The highest BCUT2D eigenvalue weighted by atomic mass is 32.2. The summed E-state index contributed by atoms with van der Waals surface area (Å²) in [6.07, 6.45) is 5.41. The molecule has 13 heterocycles. The van der Waals surface area contributed by atoms with E-state index < -0.39 is 197 Å². The standard InChI is InChI=1S/C52H64N8O10S.C46H61N7O8S.C6H10O4/c1-5-36-49(66)59-22-10-13-37(59)50(67)57(4)39(25-32-17-15-30(2)16-18-32)51(68)60-27-35(29-71-42-28-58-23-19-33(42)20-24-58)41(62)26-38(60)46(63)56-44(34-11-7-6-8-12-34)52(69)70-31(3)43(47(64)54-36)55-48(65)45-40(61)14-9-21-53-45;1-5-33-43(57)52-19-9-12-34(52)44(58)50(4)36(22-29-15-13-27(2)14-16-29)45(59)53-24-32(26-62-38-25-51-20-17-30(38)18-21-51)37(54)23-35(53)41(55)49-40(31-10-7-6-8-11-31)46(60)61-28(3)39(47)42(56)48-33;7-5(8)3-1-2-4-6(9)10/h6-9,11-12,14-18,21,31,33,35-39,42-44,61H,5,10,13,19-20,22-29H2,1-4H3,(H,54,64)(H,55,65)(H,56,63);6-8,10-11,13-16,28,30,32-36,38-40H,5,9,12,17-26,47H2,1-4H3,(H,48,56)(H,49,55);1-4H2,(H,7,8)(H,9,10)/t31-,35+,36+,37+,38+,39+,42?,43+,44+;28-,32+,33+,34+,35+,36+,38?,39+,40+;/m11./s1. The number of benzene rings is 4. The molecule has 12 fully saturated rings. The number of aliphatic carboxylic acids is 2. The van der Waals surface area contributed by atoms with Gasteiger partial charge in [-0.1, -0.05) is 134 Å². The molecule has 37 nitrogen and oxygen atoms in total. The molecule has 0 aliphatic carbocycles. The first-order valence-electron chi connectivity index (χ1n) is 49.9. The number of nitrogens with one attached hydrogen (secondary N) is 5. The number of thioether (sulfide) groups is 2. The first-order chi connectivity index (χ1) is 68.5. The Labute approximate surface area is 841 Å². The summed E-state index contributed by atoms with van der Waals surface area (Å²) in [5.41, 5.74) is 10.1. The fraction of sp³-hybridized carbons (Fsp3) is 0.558. The zero-order chi connectivity index (χ0) is 103. The number of amides is 11. The van der Waals surface area contributed by atoms with Gasteiger partial charge in [0.25, 0.3) is 5.91 Å². The monoisotopic (exact) mass is 2010 g/mol. The lowest BCUT2D eigenvalue weighted by atomic mass is 9.88. The highest BCUT2D eigenvalue weighted by molar-refractivity contribution is 8.00. The Bertz CT molecular complexity index is 5410. The summed E-state index contributed by atoms with van der Waals surface area (Å²) in [6, 6.07) is 19.2. The van der Waals surface area contributed by atoms with Crippen LogP contribution in [0.25, 0.3) is 0 Å². The molecule has 5 aromatic rings. The minimum atomic E-state index is -1.69. The Balaban J connectivity index is 0.000000220. The van der Waals surface area contributed by atoms with Gasteiger partial charge in [0.2, 0.25) is 59.1 Å². The predicted molar refractivity (Wildman–Crippen MR) is 529 cm³/mol. The maximum Gasteiger partial charge on any atom is 0.333 e. The molecule has 770 valence electrons. The average molecular weight is 2010 g/mol. The third-order valence-corrected chi connectivity index (χ3v) is 32.6. The van der Waals surface area contributed by atoms with Gasteiger partial charge in [-0.2, -0.15) is 23.5 Å². The number of ketones is 2. The first-order valence-corrected chi connectivity index (χ1v) is 52.0.